The minimum Gasteiger partial charge on any atom is -0.493 e. The molecule has 1 atom stereocenters. The molecule has 0 spiro atoms. The van der Waals surface area contributed by atoms with Crippen LogP contribution in [0.2, 0.25) is 6.32 Å². The molecule has 2 heterocycles. The summed E-state index contributed by atoms with van der Waals surface area (Å²) in [6.45, 7) is 2.08. The lowest BCUT2D eigenvalue weighted by Crippen LogP contribution is -2.45. The third kappa shape index (κ3) is 3.38. The van der Waals surface area contributed by atoms with Crippen LogP contribution >= 0.6 is 0 Å². The predicted molar refractivity (Wildman–Crippen MR) is 140 cm³/mol. The van der Waals surface area contributed by atoms with Crippen LogP contribution in [0.25, 0.3) is 22.7 Å². The normalized spacial score (nSPS) is 17.8. The molecule has 1 unspecified atom stereocenters. The summed E-state index contributed by atoms with van der Waals surface area (Å²) < 4.78 is 23.0. The zero-order valence-corrected chi connectivity index (χ0v) is 20.8. The Morgan fingerprint density at radius 3 is 2.17 bits per heavy atom. The second-order valence-corrected chi connectivity index (χ2v) is 9.18. The quantitative estimate of drug-likeness (QED) is 0.443. The molecule has 5 rings (SSSR count). The van der Waals surface area contributed by atoms with E-state index in [-0.39, 0.29) is 6.71 Å². The van der Waals surface area contributed by atoms with Crippen molar-refractivity contribution in [3.63, 3.8) is 0 Å². The maximum Gasteiger partial charge on any atom is 0.205 e. The van der Waals surface area contributed by atoms with Crippen LogP contribution in [0, 0.1) is 11.3 Å². The molecule has 176 valence electrons. The molecule has 5 nitrogen and oxygen atoms in total. The first kappa shape index (κ1) is 22.9. The first-order chi connectivity index (χ1) is 17.0. The van der Waals surface area contributed by atoms with Gasteiger partial charge < -0.3 is 18.9 Å². The van der Waals surface area contributed by atoms with Gasteiger partial charge in [0.1, 0.15) is 0 Å². The molecule has 0 saturated carbocycles. The fourth-order valence-electron chi connectivity index (χ4n) is 5.80. The maximum absolute atomic E-state index is 10.5. The van der Waals surface area contributed by atoms with Crippen molar-refractivity contribution in [3.05, 3.63) is 70.8 Å². The number of ether oxygens (including phenoxy) is 4. The molecule has 0 fully saturated rings. The average Bonchev–Trinajstić information content (AvgIpc) is 2.91. The van der Waals surface area contributed by atoms with E-state index in [0.717, 1.165) is 63.1 Å². The lowest BCUT2D eigenvalue weighted by molar-refractivity contribution is 0.353. The van der Waals surface area contributed by atoms with E-state index < -0.39 is 5.31 Å². The molecule has 0 radical (unpaired) electrons. The average molecular weight is 465 g/mol. The largest absolute Gasteiger partial charge is 0.493 e. The molecule has 0 saturated heterocycles. The summed E-state index contributed by atoms with van der Waals surface area (Å²) in [7, 11) is 6.64. The Balaban J connectivity index is 1.81. The fraction of sp³-hybridized carbons (Fsp3) is 0.276. The molecule has 2 aliphatic heterocycles. The molecule has 6 heteroatoms. The van der Waals surface area contributed by atoms with Crippen molar-refractivity contribution in [1.82, 2.24) is 0 Å². The highest BCUT2D eigenvalue weighted by Gasteiger charge is 2.48. The highest BCUT2D eigenvalue weighted by Crippen LogP contribution is 2.53. The summed E-state index contributed by atoms with van der Waals surface area (Å²) in [5.41, 5.74) is 7.35. The number of methoxy groups -OCH3 is 4. The number of nitrogens with zero attached hydrogens (tertiary/aromatic N) is 1. The molecule has 2 aliphatic rings. The van der Waals surface area contributed by atoms with Crippen LogP contribution in [-0.4, -0.2) is 35.2 Å². The van der Waals surface area contributed by atoms with Crippen molar-refractivity contribution >= 4 is 18.3 Å². The summed E-state index contributed by atoms with van der Waals surface area (Å²) in [5, 5.41) is 9.78. The fourth-order valence-corrected chi connectivity index (χ4v) is 5.80. The lowest BCUT2D eigenvalue weighted by atomic mass is 9.23. The molecule has 35 heavy (non-hydrogen) atoms. The van der Waals surface area contributed by atoms with Gasteiger partial charge in [-0.25, -0.2) is 0 Å². The number of hydrogen-bond donors (Lipinski definition) is 0. The van der Waals surface area contributed by atoms with E-state index in [4.69, 9.17) is 18.9 Å². The van der Waals surface area contributed by atoms with Gasteiger partial charge in [0.05, 0.1) is 39.8 Å². The van der Waals surface area contributed by atoms with Crippen molar-refractivity contribution in [2.24, 2.45) is 0 Å². The van der Waals surface area contributed by atoms with Crippen LogP contribution in [0.15, 0.2) is 48.5 Å². The first-order valence-electron chi connectivity index (χ1n) is 11.7. The van der Waals surface area contributed by atoms with Gasteiger partial charge in [-0.15, -0.1) is 0 Å². The van der Waals surface area contributed by atoms with Crippen molar-refractivity contribution in [1.29, 1.82) is 5.26 Å². The number of rotatable bonds is 5. The Labute approximate surface area is 207 Å². The number of nitriles is 1. The van der Waals surface area contributed by atoms with E-state index in [1.807, 2.05) is 37.3 Å². The first-order valence-corrected chi connectivity index (χ1v) is 11.7. The van der Waals surface area contributed by atoms with Crippen LogP contribution in [0.4, 0.5) is 0 Å². The molecule has 0 N–H and O–H groups in total. The van der Waals surface area contributed by atoms with Gasteiger partial charge in [-0.3, -0.25) is 0 Å². The van der Waals surface area contributed by atoms with Crippen molar-refractivity contribution in [2.75, 3.05) is 28.4 Å². The van der Waals surface area contributed by atoms with E-state index in [1.165, 1.54) is 0 Å². The predicted octanol–water partition coefficient (Wildman–Crippen LogP) is 5.85. The monoisotopic (exact) mass is 465 g/mol. The molecule has 0 aromatic heterocycles. The van der Waals surface area contributed by atoms with Gasteiger partial charge in [0.25, 0.3) is 0 Å². The summed E-state index contributed by atoms with van der Waals surface area (Å²) in [5.74, 6) is 2.79. The maximum atomic E-state index is 10.5. The van der Waals surface area contributed by atoms with Crippen LogP contribution in [-0.2, 0) is 11.7 Å². The highest BCUT2D eigenvalue weighted by atomic mass is 16.5. The smallest absolute Gasteiger partial charge is 0.205 e. The van der Waals surface area contributed by atoms with Gasteiger partial charge in [0.2, 0.25) is 6.71 Å². The molecule has 0 bridgehead atoms. The van der Waals surface area contributed by atoms with Gasteiger partial charge in [-0.05, 0) is 53.8 Å². The zero-order chi connectivity index (χ0) is 24.7. The second kappa shape index (κ2) is 8.74. The van der Waals surface area contributed by atoms with Crippen molar-refractivity contribution < 1.29 is 18.9 Å². The highest BCUT2D eigenvalue weighted by molar-refractivity contribution is 6.84. The summed E-state index contributed by atoms with van der Waals surface area (Å²) >= 11 is 0. The van der Waals surface area contributed by atoms with E-state index in [2.05, 4.69) is 30.3 Å². The molecule has 3 aromatic rings. The standard InChI is InChI=1S/C29H28BNO4/c1-29(17-31)23-16-26(33-3)25(32-2)14-19(23)13-24-22-15-21(18-9-7-6-8-10-18)28(35-5)27(34-4)20(22)11-12-30(24)29/h6-10,13-16H,11-12H2,1-5H3. The van der Waals surface area contributed by atoms with E-state index >= 15 is 0 Å². The van der Waals surface area contributed by atoms with E-state index in [9.17, 15) is 5.26 Å². The summed E-state index contributed by atoms with van der Waals surface area (Å²) in [6, 6.07) is 19.0. The molecular weight excluding hydrogens is 437 g/mol. The van der Waals surface area contributed by atoms with Gasteiger partial charge in [0, 0.05) is 11.1 Å². The van der Waals surface area contributed by atoms with Gasteiger partial charge >= 0.3 is 0 Å². The Morgan fingerprint density at radius 2 is 1.54 bits per heavy atom. The Morgan fingerprint density at radius 1 is 0.857 bits per heavy atom. The minimum absolute atomic E-state index is 0.0346. The second-order valence-electron chi connectivity index (χ2n) is 9.18. The Kier molecular flexibility index (Phi) is 5.72. The third-order valence-electron chi connectivity index (χ3n) is 7.56. The van der Waals surface area contributed by atoms with E-state index in [1.54, 1.807) is 28.4 Å². The van der Waals surface area contributed by atoms with Crippen LogP contribution in [0.3, 0.4) is 0 Å². The molecule has 0 aliphatic carbocycles. The zero-order valence-electron chi connectivity index (χ0n) is 20.8. The number of hydrogen-bond acceptors (Lipinski definition) is 5. The van der Waals surface area contributed by atoms with E-state index in [0.29, 0.717) is 11.5 Å². The van der Waals surface area contributed by atoms with Gasteiger partial charge in [-0.2, -0.15) is 5.26 Å². The molecule has 3 aromatic carbocycles. The number of benzene rings is 3. The molecular formula is C29H28BNO4. The number of fused-ring (bicyclic) bond motifs is 4. The molecule has 0 amide bonds. The van der Waals surface area contributed by atoms with Gasteiger partial charge in [0.15, 0.2) is 23.0 Å². The summed E-state index contributed by atoms with van der Waals surface area (Å²) in [6.07, 6.45) is 3.84. The minimum atomic E-state index is -0.712. The SMILES string of the molecule is COc1cc2c(cc1OC)C(C)(C#N)B1CCc3c(cc(-c4ccccc4)c(OC)c3OC)C1=C2. The Bertz CT molecular complexity index is 1380. The van der Waals surface area contributed by atoms with Crippen LogP contribution < -0.4 is 18.9 Å². The van der Waals surface area contributed by atoms with Crippen LogP contribution in [0.1, 0.15) is 29.2 Å². The third-order valence-corrected chi connectivity index (χ3v) is 7.56. The van der Waals surface area contributed by atoms with Crippen molar-refractivity contribution in [2.45, 2.75) is 25.0 Å². The van der Waals surface area contributed by atoms with Gasteiger partial charge in [-0.1, -0.05) is 48.2 Å². The topological polar surface area (TPSA) is 60.7 Å². The van der Waals surface area contributed by atoms with Crippen LogP contribution in [0.5, 0.6) is 23.0 Å². The summed E-state index contributed by atoms with van der Waals surface area (Å²) in [4.78, 5) is 0. The lowest BCUT2D eigenvalue weighted by Gasteiger charge is -2.40. The van der Waals surface area contributed by atoms with Crippen molar-refractivity contribution in [3.8, 4) is 40.2 Å². The Hall–Kier alpha value is -3.85.